The Hall–Kier alpha value is -2.96. The normalized spacial score (nSPS) is 14.9. The lowest BCUT2D eigenvalue weighted by Gasteiger charge is -2.30. The van der Waals surface area contributed by atoms with E-state index >= 15 is 0 Å². The van der Waals surface area contributed by atoms with E-state index in [-0.39, 0.29) is 29.0 Å². The van der Waals surface area contributed by atoms with Crippen LogP contribution in [-0.2, 0) is 9.53 Å². The van der Waals surface area contributed by atoms with Gasteiger partial charge in [-0.2, -0.15) is 9.78 Å². The lowest BCUT2D eigenvalue weighted by Crippen LogP contribution is -2.41. The standard InChI is InChI=1S/C19H21N3O4/c1-2-26-19(25)14-10-12-21(13-11-14)18(24)16-8-9-17(23)22(20-16)15-6-4-3-5-7-15/h3-9,14H,2,10-13H2,1H3. The molecule has 2 aromatic rings. The van der Waals surface area contributed by atoms with Gasteiger partial charge in [0.05, 0.1) is 18.2 Å². The van der Waals surface area contributed by atoms with E-state index in [1.165, 1.54) is 16.8 Å². The van der Waals surface area contributed by atoms with E-state index in [2.05, 4.69) is 5.10 Å². The summed E-state index contributed by atoms with van der Waals surface area (Å²) in [7, 11) is 0. The highest BCUT2D eigenvalue weighted by Gasteiger charge is 2.29. The predicted octanol–water partition coefficient (Wildman–Crippen LogP) is 1.65. The molecule has 26 heavy (non-hydrogen) atoms. The SMILES string of the molecule is CCOC(=O)C1CCN(C(=O)c2ccc(=O)n(-c3ccccc3)n2)CC1. The molecule has 1 aliphatic rings. The van der Waals surface area contributed by atoms with Crippen LogP contribution in [0.15, 0.2) is 47.3 Å². The van der Waals surface area contributed by atoms with Crippen molar-refractivity contribution in [3.63, 3.8) is 0 Å². The van der Waals surface area contributed by atoms with Gasteiger partial charge in [-0.05, 0) is 38.0 Å². The lowest BCUT2D eigenvalue weighted by atomic mass is 9.97. The third-order valence-electron chi connectivity index (χ3n) is 4.42. The highest BCUT2D eigenvalue weighted by molar-refractivity contribution is 5.92. The predicted molar refractivity (Wildman–Crippen MR) is 95.1 cm³/mol. The topological polar surface area (TPSA) is 81.5 Å². The first-order valence-electron chi connectivity index (χ1n) is 8.72. The third kappa shape index (κ3) is 3.82. The molecule has 1 aromatic carbocycles. The fraction of sp³-hybridized carbons (Fsp3) is 0.368. The molecule has 1 amide bonds. The van der Waals surface area contributed by atoms with Crippen molar-refractivity contribution in [1.82, 2.24) is 14.7 Å². The minimum atomic E-state index is -0.297. The van der Waals surface area contributed by atoms with Crippen LogP contribution in [0.1, 0.15) is 30.3 Å². The van der Waals surface area contributed by atoms with Crippen LogP contribution in [-0.4, -0.2) is 46.3 Å². The summed E-state index contributed by atoms with van der Waals surface area (Å²) >= 11 is 0. The second kappa shape index (κ2) is 7.95. The number of hydrogen-bond acceptors (Lipinski definition) is 5. The average Bonchev–Trinajstić information content (AvgIpc) is 2.69. The number of para-hydroxylation sites is 1. The number of benzene rings is 1. The van der Waals surface area contributed by atoms with Gasteiger partial charge in [-0.15, -0.1) is 0 Å². The minimum absolute atomic E-state index is 0.162. The molecule has 7 nitrogen and oxygen atoms in total. The monoisotopic (exact) mass is 355 g/mol. The molecule has 1 fully saturated rings. The zero-order valence-corrected chi connectivity index (χ0v) is 14.6. The second-order valence-corrected chi connectivity index (χ2v) is 6.12. The van der Waals surface area contributed by atoms with Crippen molar-refractivity contribution in [2.45, 2.75) is 19.8 Å². The zero-order valence-electron chi connectivity index (χ0n) is 14.6. The van der Waals surface area contributed by atoms with Crippen LogP contribution in [0, 0.1) is 5.92 Å². The first kappa shape index (κ1) is 17.8. The van der Waals surface area contributed by atoms with Crippen LogP contribution in [0.2, 0.25) is 0 Å². The largest absolute Gasteiger partial charge is 0.466 e. The number of nitrogens with zero attached hydrogens (tertiary/aromatic N) is 3. The molecule has 0 aliphatic carbocycles. The summed E-state index contributed by atoms with van der Waals surface area (Å²) in [5, 5.41) is 4.22. The van der Waals surface area contributed by atoms with Crippen LogP contribution in [0.5, 0.6) is 0 Å². The van der Waals surface area contributed by atoms with Gasteiger partial charge < -0.3 is 9.64 Å². The number of ether oxygens (including phenoxy) is 1. The van der Waals surface area contributed by atoms with Gasteiger partial charge in [0.25, 0.3) is 11.5 Å². The van der Waals surface area contributed by atoms with Crippen LogP contribution >= 0.6 is 0 Å². The molecule has 3 rings (SSSR count). The maximum atomic E-state index is 12.7. The summed E-state index contributed by atoms with van der Waals surface area (Å²) < 4.78 is 6.27. The number of carbonyl (C=O) groups excluding carboxylic acids is 2. The van der Waals surface area contributed by atoms with E-state index < -0.39 is 0 Å². The van der Waals surface area contributed by atoms with Crippen molar-refractivity contribution in [2.75, 3.05) is 19.7 Å². The zero-order chi connectivity index (χ0) is 18.5. The molecule has 0 radical (unpaired) electrons. The van der Waals surface area contributed by atoms with Gasteiger partial charge in [0, 0.05) is 19.2 Å². The van der Waals surface area contributed by atoms with Gasteiger partial charge in [-0.3, -0.25) is 14.4 Å². The van der Waals surface area contributed by atoms with Crippen LogP contribution < -0.4 is 5.56 Å². The van der Waals surface area contributed by atoms with Gasteiger partial charge in [0.15, 0.2) is 0 Å². The molecule has 1 saturated heterocycles. The fourth-order valence-corrected chi connectivity index (χ4v) is 3.02. The maximum Gasteiger partial charge on any atom is 0.309 e. The third-order valence-corrected chi connectivity index (χ3v) is 4.42. The smallest absolute Gasteiger partial charge is 0.309 e. The number of esters is 1. The molecule has 7 heteroatoms. The minimum Gasteiger partial charge on any atom is -0.466 e. The molecule has 1 aliphatic heterocycles. The van der Waals surface area contributed by atoms with Crippen molar-refractivity contribution in [2.24, 2.45) is 5.92 Å². The van der Waals surface area contributed by atoms with Gasteiger partial charge >= 0.3 is 5.97 Å². The van der Waals surface area contributed by atoms with E-state index in [1.54, 1.807) is 36.1 Å². The Morgan fingerprint density at radius 3 is 2.46 bits per heavy atom. The first-order valence-corrected chi connectivity index (χ1v) is 8.72. The Morgan fingerprint density at radius 1 is 1.12 bits per heavy atom. The molecule has 2 heterocycles. The summed E-state index contributed by atoms with van der Waals surface area (Å²) in [5.41, 5.74) is 0.518. The van der Waals surface area contributed by atoms with Crippen molar-refractivity contribution >= 4 is 11.9 Å². The number of piperidine rings is 1. The van der Waals surface area contributed by atoms with Crippen molar-refractivity contribution in [1.29, 1.82) is 0 Å². The Kier molecular flexibility index (Phi) is 5.46. The van der Waals surface area contributed by atoms with Crippen LogP contribution in [0.4, 0.5) is 0 Å². The van der Waals surface area contributed by atoms with E-state index in [0.717, 1.165) is 0 Å². The number of hydrogen-bond donors (Lipinski definition) is 0. The maximum absolute atomic E-state index is 12.7. The van der Waals surface area contributed by atoms with E-state index in [9.17, 15) is 14.4 Å². The average molecular weight is 355 g/mol. The summed E-state index contributed by atoms with van der Waals surface area (Å²) in [6, 6.07) is 11.8. The Morgan fingerprint density at radius 2 is 1.81 bits per heavy atom. The quantitative estimate of drug-likeness (QED) is 0.779. The molecular formula is C19H21N3O4. The summed E-state index contributed by atoms with van der Waals surface area (Å²) in [6.45, 7) is 3.08. The van der Waals surface area contributed by atoms with Crippen LogP contribution in [0.3, 0.4) is 0 Å². The molecular weight excluding hydrogens is 334 g/mol. The van der Waals surface area contributed by atoms with E-state index in [1.807, 2.05) is 6.07 Å². The summed E-state index contributed by atoms with van der Waals surface area (Å²) in [4.78, 5) is 38.3. The van der Waals surface area contributed by atoms with E-state index in [0.29, 0.717) is 38.2 Å². The highest BCUT2D eigenvalue weighted by atomic mass is 16.5. The van der Waals surface area contributed by atoms with Crippen molar-refractivity contribution in [3.05, 3.63) is 58.5 Å². The Labute approximate surface area is 151 Å². The first-order chi connectivity index (χ1) is 12.6. The van der Waals surface area contributed by atoms with Gasteiger partial charge in [-0.25, -0.2) is 0 Å². The second-order valence-electron chi connectivity index (χ2n) is 6.12. The number of amides is 1. The highest BCUT2D eigenvalue weighted by Crippen LogP contribution is 2.20. The van der Waals surface area contributed by atoms with Gasteiger partial charge in [-0.1, -0.05) is 18.2 Å². The van der Waals surface area contributed by atoms with Crippen LogP contribution in [0.25, 0.3) is 5.69 Å². The van der Waals surface area contributed by atoms with Gasteiger partial charge in [0.1, 0.15) is 5.69 Å². The summed E-state index contributed by atoms with van der Waals surface area (Å²) in [5.74, 6) is -0.599. The molecule has 136 valence electrons. The fourth-order valence-electron chi connectivity index (χ4n) is 3.02. The van der Waals surface area contributed by atoms with E-state index in [4.69, 9.17) is 4.74 Å². The van der Waals surface area contributed by atoms with Crippen molar-refractivity contribution < 1.29 is 14.3 Å². The molecule has 0 unspecified atom stereocenters. The number of likely N-dealkylation sites (tertiary alicyclic amines) is 1. The number of rotatable bonds is 4. The molecule has 0 spiro atoms. The Bertz CT molecular complexity index is 839. The Balaban J connectivity index is 1.73. The molecule has 0 saturated carbocycles. The molecule has 0 bridgehead atoms. The number of carbonyl (C=O) groups is 2. The summed E-state index contributed by atoms with van der Waals surface area (Å²) in [6.07, 6.45) is 1.14. The lowest BCUT2D eigenvalue weighted by molar-refractivity contribution is -0.149. The molecule has 0 N–H and O–H groups in total. The van der Waals surface area contributed by atoms with Crippen molar-refractivity contribution in [3.8, 4) is 5.69 Å². The number of aromatic nitrogens is 2. The van der Waals surface area contributed by atoms with Gasteiger partial charge in [0.2, 0.25) is 0 Å². The molecule has 1 aromatic heterocycles. The molecule has 0 atom stereocenters.